The van der Waals surface area contributed by atoms with Crippen LogP contribution >= 0.6 is 22.7 Å². The van der Waals surface area contributed by atoms with Crippen LogP contribution in [0.5, 0.6) is 0 Å². The molecular weight excluding hydrogens is 368 g/mol. The van der Waals surface area contributed by atoms with Gasteiger partial charge in [0.2, 0.25) is 0 Å². The minimum Gasteiger partial charge on any atom is -0.267 e. The molecule has 2 N–H and O–H groups in total. The lowest BCUT2D eigenvalue weighted by Gasteiger charge is -2.02. The van der Waals surface area contributed by atoms with Crippen LogP contribution in [0.15, 0.2) is 69.5 Å². The first kappa shape index (κ1) is 17.7. The Morgan fingerprint density at radius 2 is 1.15 bits per heavy atom. The molecule has 0 fully saturated rings. The van der Waals surface area contributed by atoms with Crippen molar-refractivity contribution in [2.45, 2.75) is 0 Å². The zero-order valence-electron chi connectivity index (χ0n) is 13.5. The first-order chi connectivity index (χ1) is 12.7. The van der Waals surface area contributed by atoms with Crippen LogP contribution < -0.4 is 10.9 Å². The van der Waals surface area contributed by atoms with Gasteiger partial charge < -0.3 is 0 Å². The predicted octanol–water partition coefficient (Wildman–Crippen LogP) is 3.34. The van der Waals surface area contributed by atoms with E-state index in [2.05, 4.69) is 21.1 Å². The maximum Gasteiger partial charge on any atom is 0.271 e. The van der Waals surface area contributed by atoms with E-state index in [0.717, 1.165) is 9.75 Å². The van der Waals surface area contributed by atoms with Gasteiger partial charge in [0.1, 0.15) is 0 Å². The number of hydrogen-bond acceptors (Lipinski definition) is 6. The van der Waals surface area contributed by atoms with E-state index in [9.17, 15) is 9.59 Å². The van der Waals surface area contributed by atoms with E-state index in [1.807, 2.05) is 35.0 Å². The Balaban J connectivity index is 1.53. The Morgan fingerprint density at radius 1 is 0.731 bits per heavy atom. The van der Waals surface area contributed by atoms with E-state index in [0.29, 0.717) is 11.1 Å². The standard InChI is InChI=1S/C18H14N4O2S2/c23-17(21-19-11-15-3-1-9-25-15)13-5-7-14(8-6-13)18(24)22-20-12-16-4-2-10-26-16/h1-12H,(H,21,23)(H,22,24)/b19-11+,20-12+. The van der Waals surface area contributed by atoms with Crippen molar-refractivity contribution < 1.29 is 9.59 Å². The van der Waals surface area contributed by atoms with Crippen LogP contribution in [0.25, 0.3) is 0 Å². The van der Waals surface area contributed by atoms with Gasteiger partial charge in [0.05, 0.1) is 12.4 Å². The summed E-state index contributed by atoms with van der Waals surface area (Å²) in [6.45, 7) is 0. The molecule has 0 atom stereocenters. The second-order valence-electron chi connectivity index (χ2n) is 5.01. The predicted molar refractivity (Wildman–Crippen MR) is 105 cm³/mol. The third-order valence-electron chi connectivity index (χ3n) is 3.21. The highest BCUT2D eigenvalue weighted by atomic mass is 32.1. The van der Waals surface area contributed by atoms with E-state index in [1.54, 1.807) is 36.7 Å². The van der Waals surface area contributed by atoms with Gasteiger partial charge >= 0.3 is 0 Å². The number of benzene rings is 1. The summed E-state index contributed by atoms with van der Waals surface area (Å²) in [5, 5.41) is 11.7. The van der Waals surface area contributed by atoms with Crippen molar-refractivity contribution >= 4 is 46.9 Å². The van der Waals surface area contributed by atoms with Crippen molar-refractivity contribution in [1.29, 1.82) is 0 Å². The van der Waals surface area contributed by atoms with Crippen LogP contribution in [0.3, 0.4) is 0 Å². The van der Waals surface area contributed by atoms with Gasteiger partial charge in [0.25, 0.3) is 11.8 Å². The topological polar surface area (TPSA) is 82.9 Å². The second-order valence-corrected chi connectivity index (χ2v) is 6.96. The SMILES string of the molecule is O=C(N/N=C/c1cccs1)c1ccc(C(=O)N/N=C/c2cccs2)cc1. The van der Waals surface area contributed by atoms with Crippen molar-refractivity contribution in [3.05, 3.63) is 80.2 Å². The first-order valence-electron chi connectivity index (χ1n) is 7.56. The maximum absolute atomic E-state index is 12.0. The molecule has 3 aromatic rings. The number of carbonyl (C=O) groups is 2. The number of thiophene rings is 2. The summed E-state index contributed by atoms with van der Waals surface area (Å²) in [6, 6.07) is 13.9. The zero-order valence-corrected chi connectivity index (χ0v) is 15.1. The fraction of sp³-hybridized carbons (Fsp3) is 0. The van der Waals surface area contributed by atoms with Crippen molar-refractivity contribution in [1.82, 2.24) is 10.9 Å². The first-order valence-corrected chi connectivity index (χ1v) is 9.32. The average Bonchev–Trinajstić information content (AvgIpc) is 3.36. The molecular formula is C18H14N4O2S2. The lowest BCUT2D eigenvalue weighted by Crippen LogP contribution is -2.19. The fourth-order valence-corrected chi connectivity index (χ4v) is 3.11. The summed E-state index contributed by atoms with van der Waals surface area (Å²) in [7, 11) is 0. The molecule has 0 spiro atoms. The number of carbonyl (C=O) groups excluding carboxylic acids is 2. The summed E-state index contributed by atoms with van der Waals surface area (Å²) < 4.78 is 0. The Kier molecular flexibility index (Phi) is 6.02. The maximum atomic E-state index is 12.0. The highest BCUT2D eigenvalue weighted by Crippen LogP contribution is 2.07. The summed E-state index contributed by atoms with van der Waals surface area (Å²) in [5.74, 6) is -0.694. The van der Waals surface area contributed by atoms with E-state index < -0.39 is 0 Å². The Morgan fingerprint density at radius 3 is 1.50 bits per heavy atom. The van der Waals surface area contributed by atoms with Crippen molar-refractivity contribution in [2.24, 2.45) is 10.2 Å². The Hall–Kier alpha value is -3.10. The van der Waals surface area contributed by atoms with E-state index >= 15 is 0 Å². The molecule has 8 heteroatoms. The van der Waals surface area contributed by atoms with Gasteiger partial charge in [0, 0.05) is 20.9 Å². The molecule has 0 aliphatic rings. The van der Waals surface area contributed by atoms with Crippen molar-refractivity contribution in [2.75, 3.05) is 0 Å². The highest BCUT2D eigenvalue weighted by molar-refractivity contribution is 7.12. The van der Waals surface area contributed by atoms with Crippen LogP contribution in [-0.4, -0.2) is 24.2 Å². The van der Waals surface area contributed by atoms with Gasteiger partial charge in [-0.2, -0.15) is 10.2 Å². The molecule has 2 aromatic heterocycles. The van der Waals surface area contributed by atoms with Gasteiger partial charge in [-0.25, -0.2) is 10.9 Å². The molecule has 0 unspecified atom stereocenters. The van der Waals surface area contributed by atoms with Crippen molar-refractivity contribution in [3.63, 3.8) is 0 Å². The largest absolute Gasteiger partial charge is 0.271 e. The van der Waals surface area contributed by atoms with E-state index in [1.165, 1.54) is 22.7 Å². The molecule has 0 aliphatic heterocycles. The molecule has 0 radical (unpaired) electrons. The lowest BCUT2D eigenvalue weighted by molar-refractivity contribution is 0.0943. The third-order valence-corrected chi connectivity index (χ3v) is 4.83. The number of nitrogens with one attached hydrogen (secondary N) is 2. The average molecular weight is 382 g/mol. The Labute approximate surface area is 157 Å². The molecule has 130 valence electrons. The molecule has 1 aromatic carbocycles. The van der Waals surface area contributed by atoms with Crippen molar-refractivity contribution in [3.8, 4) is 0 Å². The zero-order chi connectivity index (χ0) is 18.2. The highest BCUT2D eigenvalue weighted by Gasteiger charge is 2.08. The molecule has 0 aliphatic carbocycles. The minimum absolute atomic E-state index is 0.347. The molecule has 0 bridgehead atoms. The van der Waals surface area contributed by atoms with Gasteiger partial charge in [-0.15, -0.1) is 22.7 Å². The van der Waals surface area contributed by atoms with Crippen LogP contribution in [0, 0.1) is 0 Å². The quantitative estimate of drug-likeness (QED) is 0.506. The number of rotatable bonds is 6. The fourth-order valence-electron chi connectivity index (χ4n) is 1.94. The molecule has 6 nitrogen and oxygen atoms in total. The third kappa shape index (κ3) is 4.95. The second kappa shape index (κ2) is 8.84. The number of amides is 2. The molecule has 0 saturated carbocycles. The summed E-state index contributed by atoms with van der Waals surface area (Å²) in [4.78, 5) is 25.9. The van der Waals surface area contributed by atoms with Crippen LogP contribution in [0.1, 0.15) is 30.5 Å². The normalized spacial score (nSPS) is 11.1. The molecule has 3 rings (SSSR count). The minimum atomic E-state index is -0.347. The molecule has 2 amide bonds. The van der Waals surface area contributed by atoms with Gasteiger partial charge in [-0.3, -0.25) is 9.59 Å². The number of hydrazone groups is 2. The lowest BCUT2D eigenvalue weighted by atomic mass is 10.1. The molecule has 2 heterocycles. The molecule has 0 saturated heterocycles. The van der Waals surface area contributed by atoms with Crippen LogP contribution in [0.4, 0.5) is 0 Å². The smallest absolute Gasteiger partial charge is 0.267 e. The Bertz CT molecular complexity index is 838. The van der Waals surface area contributed by atoms with E-state index in [4.69, 9.17) is 0 Å². The van der Waals surface area contributed by atoms with Gasteiger partial charge in [-0.1, -0.05) is 12.1 Å². The monoisotopic (exact) mass is 382 g/mol. The summed E-state index contributed by atoms with van der Waals surface area (Å²) >= 11 is 3.05. The summed E-state index contributed by atoms with van der Waals surface area (Å²) in [5.41, 5.74) is 5.72. The molecule has 26 heavy (non-hydrogen) atoms. The van der Waals surface area contributed by atoms with Crippen LogP contribution in [0.2, 0.25) is 0 Å². The number of nitrogens with zero attached hydrogens (tertiary/aromatic N) is 2. The van der Waals surface area contributed by atoms with Crippen LogP contribution in [-0.2, 0) is 0 Å². The number of hydrogen-bond donors (Lipinski definition) is 2. The van der Waals surface area contributed by atoms with Gasteiger partial charge in [0.15, 0.2) is 0 Å². The van der Waals surface area contributed by atoms with Gasteiger partial charge in [-0.05, 0) is 47.2 Å². The van der Waals surface area contributed by atoms with E-state index in [-0.39, 0.29) is 11.8 Å². The summed E-state index contributed by atoms with van der Waals surface area (Å²) in [6.07, 6.45) is 3.16.